The van der Waals surface area contributed by atoms with Crippen molar-refractivity contribution in [2.24, 2.45) is 0 Å². The summed E-state index contributed by atoms with van der Waals surface area (Å²) in [6.45, 7) is 2.05. The lowest BCUT2D eigenvalue weighted by molar-refractivity contribution is -0.385. The second-order valence-corrected chi connectivity index (χ2v) is 3.90. The Labute approximate surface area is 89.7 Å². The van der Waals surface area contributed by atoms with Crippen molar-refractivity contribution in [1.29, 1.82) is 0 Å². The maximum atomic E-state index is 10.8. The second kappa shape index (κ2) is 4.89. The number of likely N-dealkylation sites (N-methyl/N-ethyl adjacent to an activating group) is 1. The molecule has 0 saturated heterocycles. The van der Waals surface area contributed by atoms with E-state index in [9.17, 15) is 10.1 Å². The Morgan fingerprint density at radius 3 is 2.53 bits per heavy atom. The predicted octanol–water partition coefficient (Wildman–Crippen LogP) is 2.09. The van der Waals surface area contributed by atoms with Gasteiger partial charge in [0.2, 0.25) is 0 Å². The van der Waals surface area contributed by atoms with E-state index in [-0.39, 0.29) is 10.6 Å². The van der Waals surface area contributed by atoms with Gasteiger partial charge in [-0.3, -0.25) is 10.1 Å². The molecule has 0 amide bonds. The van der Waals surface area contributed by atoms with E-state index in [1.165, 1.54) is 0 Å². The van der Waals surface area contributed by atoms with Crippen molar-refractivity contribution in [2.45, 2.75) is 19.4 Å². The number of hydrogen-bond donors (Lipinski definition) is 0. The molecule has 0 aliphatic heterocycles. The van der Waals surface area contributed by atoms with Crippen LogP contribution in [0.1, 0.15) is 12.5 Å². The van der Waals surface area contributed by atoms with E-state index in [0.29, 0.717) is 12.5 Å². The van der Waals surface area contributed by atoms with E-state index in [2.05, 4.69) is 11.8 Å². The van der Waals surface area contributed by atoms with Crippen LogP contribution in [-0.4, -0.2) is 30.0 Å². The van der Waals surface area contributed by atoms with Crippen molar-refractivity contribution in [3.8, 4) is 0 Å². The number of rotatable bonds is 4. The summed E-state index contributed by atoms with van der Waals surface area (Å²) in [5, 5.41) is 10.8. The van der Waals surface area contributed by atoms with E-state index in [0.717, 1.165) is 5.56 Å². The second-order valence-electron chi connectivity index (χ2n) is 3.90. The quantitative estimate of drug-likeness (QED) is 0.562. The molecule has 0 spiro atoms. The molecule has 4 heteroatoms. The Hall–Kier alpha value is -1.42. The lowest BCUT2D eigenvalue weighted by Gasteiger charge is -2.19. The summed E-state index contributed by atoms with van der Waals surface area (Å²) >= 11 is 0. The van der Waals surface area contributed by atoms with E-state index in [4.69, 9.17) is 0 Å². The molecule has 0 radical (unpaired) electrons. The van der Waals surface area contributed by atoms with E-state index in [1.54, 1.807) is 12.1 Å². The SMILES string of the molecule is CC(Cc1ccccc1[N+](=O)[O-])N(C)C. The summed E-state index contributed by atoms with van der Waals surface area (Å²) in [5.74, 6) is 0. The summed E-state index contributed by atoms with van der Waals surface area (Å²) in [6, 6.07) is 7.20. The lowest BCUT2D eigenvalue weighted by Crippen LogP contribution is -2.26. The van der Waals surface area contributed by atoms with Gasteiger partial charge in [0.15, 0.2) is 0 Å². The highest BCUT2D eigenvalue weighted by molar-refractivity contribution is 5.40. The molecule has 0 aromatic heterocycles. The molecule has 82 valence electrons. The van der Waals surface area contributed by atoms with Gasteiger partial charge in [-0.05, 0) is 27.4 Å². The molecular weight excluding hydrogens is 192 g/mol. The molecular formula is C11H16N2O2. The number of nitrogens with zero attached hydrogens (tertiary/aromatic N) is 2. The lowest BCUT2D eigenvalue weighted by atomic mass is 10.0. The largest absolute Gasteiger partial charge is 0.306 e. The molecule has 0 aliphatic rings. The van der Waals surface area contributed by atoms with Crippen LogP contribution in [0.4, 0.5) is 5.69 Å². The topological polar surface area (TPSA) is 46.4 Å². The van der Waals surface area contributed by atoms with Gasteiger partial charge in [0.25, 0.3) is 5.69 Å². The van der Waals surface area contributed by atoms with Gasteiger partial charge in [-0.25, -0.2) is 0 Å². The Morgan fingerprint density at radius 2 is 2.00 bits per heavy atom. The summed E-state index contributed by atoms with van der Waals surface area (Å²) < 4.78 is 0. The number of hydrogen-bond acceptors (Lipinski definition) is 3. The van der Waals surface area contributed by atoms with Gasteiger partial charge in [0.1, 0.15) is 0 Å². The van der Waals surface area contributed by atoms with Crippen molar-refractivity contribution in [3.63, 3.8) is 0 Å². The zero-order chi connectivity index (χ0) is 11.4. The molecule has 1 rings (SSSR count). The van der Waals surface area contributed by atoms with E-state index >= 15 is 0 Å². The zero-order valence-corrected chi connectivity index (χ0v) is 9.30. The van der Waals surface area contributed by atoms with Gasteiger partial charge >= 0.3 is 0 Å². The number of benzene rings is 1. The third-order valence-electron chi connectivity index (χ3n) is 2.59. The first-order valence-corrected chi connectivity index (χ1v) is 4.91. The zero-order valence-electron chi connectivity index (χ0n) is 9.30. The molecule has 0 bridgehead atoms. The van der Waals surface area contributed by atoms with Crippen LogP contribution in [0.15, 0.2) is 24.3 Å². The predicted molar refractivity (Wildman–Crippen MR) is 59.9 cm³/mol. The fraction of sp³-hybridized carbons (Fsp3) is 0.455. The van der Waals surface area contributed by atoms with Crippen molar-refractivity contribution >= 4 is 5.69 Å². The molecule has 4 nitrogen and oxygen atoms in total. The first-order valence-electron chi connectivity index (χ1n) is 4.91. The average molecular weight is 208 g/mol. The molecule has 0 aliphatic carbocycles. The third-order valence-corrected chi connectivity index (χ3v) is 2.59. The Kier molecular flexibility index (Phi) is 3.80. The van der Waals surface area contributed by atoms with Crippen LogP contribution >= 0.6 is 0 Å². The first-order chi connectivity index (χ1) is 7.02. The van der Waals surface area contributed by atoms with Crippen LogP contribution in [0.2, 0.25) is 0 Å². The van der Waals surface area contributed by atoms with Crippen LogP contribution in [-0.2, 0) is 6.42 Å². The molecule has 0 heterocycles. The first kappa shape index (κ1) is 11.7. The van der Waals surface area contributed by atoms with E-state index in [1.807, 2.05) is 26.2 Å². The highest BCUT2D eigenvalue weighted by atomic mass is 16.6. The minimum Gasteiger partial charge on any atom is -0.306 e. The number of nitro benzene ring substituents is 1. The third kappa shape index (κ3) is 3.02. The summed E-state index contributed by atoms with van der Waals surface area (Å²) in [5.41, 5.74) is 1.01. The van der Waals surface area contributed by atoms with Crippen molar-refractivity contribution in [2.75, 3.05) is 14.1 Å². The van der Waals surface area contributed by atoms with Crippen molar-refractivity contribution < 1.29 is 4.92 Å². The standard InChI is InChI=1S/C11H16N2O2/c1-9(12(2)3)8-10-6-4-5-7-11(10)13(14)15/h4-7,9H,8H2,1-3H3. The van der Waals surface area contributed by atoms with Crippen molar-refractivity contribution in [1.82, 2.24) is 4.90 Å². The Bertz CT molecular complexity index is 350. The summed E-state index contributed by atoms with van der Waals surface area (Å²) in [6.07, 6.45) is 0.699. The fourth-order valence-corrected chi connectivity index (χ4v) is 1.36. The molecule has 0 fully saturated rings. The number of nitro groups is 1. The molecule has 0 N–H and O–H groups in total. The molecule has 0 saturated carbocycles. The highest BCUT2D eigenvalue weighted by Crippen LogP contribution is 2.19. The monoisotopic (exact) mass is 208 g/mol. The summed E-state index contributed by atoms with van der Waals surface area (Å²) in [4.78, 5) is 12.5. The normalized spacial score (nSPS) is 12.8. The summed E-state index contributed by atoms with van der Waals surface area (Å²) in [7, 11) is 3.94. The number of para-hydroxylation sites is 1. The average Bonchev–Trinajstić information content (AvgIpc) is 2.18. The fourth-order valence-electron chi connectivity index (χ4n) is 1.36. The maximum Gasteiger partial charge on any atom is 0.272 e. The van der Waals surface area contributed by atoms with Crippen LogP contribution in [0.3, 0.4) is 0 Å². The molecule has 1 unspecified atom stereocenters. The Morgan fingerprint density at radius 1 is 1.40 bits per heavy atom. The van der Waals surface area contributed by atoms with Crippen LogP contribution < -0.4 is 0 Å². The Balaban J connectivity index is 2.89. The van der Waals surface area contributed by atoms with Gasteiger partial charge in [0.05, 0.1) is 4.92 Å². The van der Waals surface area contributed by atoms with Gasteiger partial charge in [-0.2, -0.15) is 0 Å². The van der Waals surface area contributed by atoms with Crippen LogP contribution in [0.5, 0.6) is 0 Å². The highest BCUT2D eigenvalue weighted by Gasteiger charge is 2.15. The van der Waals surface area contributed by atoms with Gasteiger partial charge < -0.3 is 4.90 Å². The maximum absolute atomic E-state index is 10.8. The van der Waals surface area contributed by atoms with Gasteiger partial charge in [-0.15, -0.1) is 0 Å². The van der Waals surface area contributed by atoms with Crippen molar-refractivity contribution in [3.05, 3.63) is 39.9 Å². The van der Waals surface area contributed by atoms with Crippen LogP contribution in [0, 0.1) is 10.1 Å². The molecule has 15 heavy (non-hydrogen) atoms. The molecule has 1 aromatic carbocycles. The minimum atomic E-state index is -0.322. The van der Waals surface area contributed by atoms with E-state index < -0.39 is 0 Å². The smallest absolute Gasteiger partial charge is 0.272 e. The molecule has 1 aromatic rings. The van der Waals surface area contributed by atoms with Gasteiger partial charge in [-0.1, -0.05) is 18.2 Å². The van der Waals surface area contributed by atoms with Crippen LogP contribution in [0.25, 0.3) is 0 Å². The molecule has 1 atom stereocenters. The minimum absolute atomic E-state index is 0.214. The van der Waals surface area contributed by atoms with Gasteiger partial charge in [0, 0.05) is 17.7 Å².